The van der Waals surface area contributed by atoms with Crippen LogP contribution < -0.4 is 0 Å². The van der Waals surface area contributed by atoms with E-state index in [-0.39, 0.29) is 0 Å². The third-order valence-electron chi connectivity index (χ3n) is 4.87. The molecule has 2 aliphatic carbocycles. The van der Waals surface area contributed by atoms with E-state index in [2.05, 4.69) is 0 Å². The lowest BCUT2D eigenvalue weighted by atomic mass is 9.49. The molecule has 0 N–H and O–H groups in total. The Morgan fingerprint density at radius 1 is 0.438 bits per heavy atom. The second-order valence-electron chi connectivity index (χ2n) is 6.30. The summed E-state index contributed by atoms with van der Waals surface area (Å²) in [6.45, 7) is 0. The molecule has 0 amide bonds. The van der Waals surface area contributed by atoms with Crippen LogP contribution in [0.3, 0.4) is 0 Å². The fourth-order valence-corrected chi connectivity index (χ4v) is 3.85. The molecular weight excluding hydrogens is 191 g/mol. The van der Waals surface area contributed by atoms with Crippen LogP contribution in [-0.2, 0) is 0 Å². The molecule has 0 heterocycles. The van der Waals surface area contributed by atoms with Crippen LogP contribution in [0.1, 0.15) is 83.5 Å². The highest BCUT2D eigenvalue weighted by Gasteiger charge is 2.20. The zero-order valence-electron chi connectivity index (χ0n) is 11.1. The summed E-state index contributed by atoms with van der Waals surface area (Å²) in [6, 6.07) is 0. The summed E-state index contributed by atoms with van der Waals surface area (Å²) in [5.41, 5.74) is 0. The summed E-state index contributed by atoms with van der Waals surface area (Å²) in [5.74, 6) is 2.21. The quantitative estimate of drug-likeness (QED) is 0.568. The summed E-state index contributed by atoms with van der Waals surface area (Å²) in [6.07, 6.45) is 19.9. The van der Waals surface area contributed by atoms with Gasteiger partial charge >= 0.3 is 0 Å². The topological polar surface area (TPSA) is 0 Å². The van der Waals surface area contributed by atoms with Crippen LogP contribution in [0.5, 0.6) is 0 Å². The molecular formula is C15H29B. The van der Waals surface area contributed by atoms with Gasteiger partial charge in [0.25, 0.3) is 0 Å². The van der Waals surface area contributed by atoms with Crippen LogP contribution >= 0.6 is 0 Å². The van der Waals surface area contributed by atoms with Gasteiger partial charge in [-0.25, -0.2) is 0 Å². The molecule has 0 aromatic rings. The molecule has 2 fully saturated rings. The summed E-state index contributed by atoms with van der Waals surface area (Å²) in [4.78, 5) is 0. The van der Waals surface area contributed by atoms with Crippen molar-refractivity contribution in [3.63, 3.8) is 0 Å². The van der Waals surface area contributed by atoms with Crippen LogP contribution in [0.25, 0.3) is 0 Å². The average molecular weight is 220 g/mol. The van der Waals surface area contributed by atoms with E-state index in [1.807, 2.05) is 0 Å². The summed E-state index contributed by atoms with van der Waals surface area (Å²) in [5, 5.41) is 0. The zero-order chi connectivity index (χ0) is 11.1. The maximum Gasteiger partial charge on any atom is 0.127 e. The molecule has 92 valence electrons. The molecule has 1 heteroatoms. The van der Waals surface area contributed by atoms with Crippen molar-refractivity contribution in [1.82, 2.24) is 0 Å². The number of hydrogen-bond acceptors (Lipinski definition) is 0. The van der Waals surface area contributed by atoms with Crippen molar-refractivity contribution >= 4 is 7.28 Å². The van der Waals surface area contributed by atoms with Gasteiger partial charge in [0.15, 0.2) is 0 Å². The number of rotatable bonds is 2. The normalized spacial score (nSPS) is 26.8. The molecule has 0 atom stereocenters. The fraction of sp³-hybridized carbons (Fsp3) is 1.00. The standard InChI is InChI=1S/C15H29B/c1-2-4-7-11-14(10-6-3-1)16-15-12-8-5-9-13-15/h14-16H,1-13H2. The van der Waals surface area contributed by atoms with Gasteiger partial charge in [-0.1, -0.05) is 95.1 Å². The average Bonchev–Trinajstić information content (AvgIpc) is 2.45. The molecule has 2 aliphatic rings. The second kappa shape index (κ2) is 7.40. The lowest BCUT2D eigenvalue weighted by Crippen LogP contribution is -2.14. The van der Waals surface area contributed by atoms with Gasteiger partial charge in [-0.15, -0.1) is 0 Å². The largest absolute Gasteiger partial charge is 0.127 e. The molecule has 0 radical (unpaired) electrons. The first-order chi connectivity index (χ1) is 7.95. The molecule has 2 saturated carbocycles. The molecule has 0 saturated heterocycles. The van der Waals surface area contributed by atoms with Gasteiger partial charge < -0.3 is 0 Å². The first kappa shape index (κ1) is 12.5. The molecule has 16 heavy (non-hydrogen) atoms. The first-order valence-electron chi connectivity index (χ1n) is 7.95. The van der Waals surface area contributed by atoms with E-state index in [4.69, 9.17) is 0 Å². The molecule has 0 aromatic carbocycles. The van der Waals surface area contributed by atoms with E-state index in [1.54, 1.807) is 33.0 Å². The van der Waals surface area contributed by atoms with Crippen molar-refractivity contribution in [3.8, 4) is 0 Å². The Morgan fingerprint density at radius 3 is 1.19 bits per heavy atom. The predicted octanol–water partition coefficient (Wildman–Crippen LogP) is 5.10. The maximum atomic E-state index is 1.58. The third-order valence-corrected chi connectivity index (χ3v) is 4.87. The Labute approximate surface area is 103 Å². The van der Waals surface area contributed by atoms with Gasteiger partial charge in [0, 0.05) is 0 Å². The van der Waals surface area contributed by atoms with E-state index in [9.17, 15) is 0 Å². The van der Waals surface area contributed by atoms with Crippen LogP contribution in [0, 0.1) is 0 Å². The Hall–Kier alpha value is 0.0649. The van der Waals surface area contributed by atoms with Crippen LogP contribution in [0.4, 0.5) is 0 Å². The van der Waals surface area contributed by atoms with Gasteiger partial charge in [0.2, 0.25) is 0 Å². The monoisotopic (exact) mass is 220 g/mol. The Morgan fingerprint density at radius 2 is 0.750 bits per heavy atom. The van der Waals surface area contributed by atoms with E-state index in [0.29, 0.717) is 0 Å². The minimum atomic E-state index is 1.10. The minimum absolute atomic E-state index is 1.10. The van der Waals surface area contributed by atoms with Crippen LogP contribution in [-0.4, -0.2) is 7.28 Å². The smallest absolute Gasteiger partial charge is 0.0654 e. The predicted molar refractivity (Wildman–Crippen MR) is 74.7 cm³/mol. The molecule has 0 nitrogen and oxygen atoms in total. The highest BCUT2D eigenvalue weighted by atomic mass is 14.1. The lowest BCUT2D eigenvalue weighted by Gasteiger charge is -2.25. The van der Waals surface area contributed by atoms with Crippen molar-refractivity contribution in [2.24, 2.45) is 0 Å². The van der Waals surface area contributed by atoms with E-state index in [0.717, 1.165) is 11.6 Å². The van der Waals surface area contributed by atoms with E-state index < -0.39 is 0 Å². The Bertz CT molecular complexity index is 162. The Kier molecular flexibility index (Phi) is 5.79. The van der Waals surface area contributed by atoms with Crippen molar-refractivity contribution in [2.75, 3.05) is 0 Å². The van der Waals surface area contributed by atoms with Crippen LogP contribution in [0.15, 0.2) is 0 Å². The van der Waals surface area contributed by atoms with Gasteiger partial charge in [-0.3, -0.25) is 0 Å². The summed E-state index contributed by atoms with van der Waals surface area (Å²) >= 11 is 0. The molecule has 0 spiro atoms. The van der Waals surface area contributed by atoms with Gasteiger partial charge in [-0.2, -0.15) is 0 Å². The van der Waals surface area contributed by atoms with Gasteiger partial charge in [0.05, 0.1) is 0 Å². The summed E-state index contributed by atoms with van der Waals surface area (Å²) < 4.78 is 0. The highest BCUT2D eigenvalue weighted by molar-refractivity contribution is 6.39. The minimum Gasteiger partial charge on any atom is -0.0654 e. The summed E-state index contributed by atoms with van der Waals surface area (Å²) in [7, 11) is 1.58. The van der Waals surface area contributed by atoms with Crippen molar-refractivity contribution in [1.29, 1.82) is 0 Å². The lowest BCUT2D eigenvalue weighted by molar-refractivity contribution is 0.491. The maximum absolute atomic E-state index is 1.58. The molecule has 0 unspecified atom stereocenters. The van der Waals surface area contributed by atoms with Crippen molar-refractivity contribution in [3.05, 3.63) is 0 Å². The third kappa shape index (κ3) is 4.51. The van der Waals surface area contributed by atoms with E-state index >= 15 is 0 Å². The molecule has 0 aliphatic heterocycles. The fourth-order valence-electron chi connectivity index (χ4n) is 3.85. The van der Waals surface area contributed by atoms with Gasteiger partial charge in [0.1, 0.15) is 7.28 Å². The van der Waals surface area contributed by atoms with Gasteiger partial charge in [-0.05, 0) is 0 Å². The van der Waals surface area contributed by atoms with Crippen LogP contribution in [0.2, 0.25) is 11.6 Å². The van der Waals surface area contributed by atoms with Crippen molar-refractivity contribution < 1.29 is 0 Å². The Balaban J connectivity index is 1.71. The van der Waals surface area contributed by atoms with E-state index in [1.165, 1.54) is 57.8 Å². The van der Waals surface area contributed by atoms with Crippen molar-refractivity contribution in [2.45, 2.75) is 95.1 Å². The molecule has 2 rings (SSSR count). The number of hydrogen-bond donors (Lipinski definition) is 0. The SMILES string of the molecule is B(C1CCCCCCCC1)C1CCCCC1. The second-order valence-corrected chi connectivity index (χ2v) is 6.30. The highest BCUT2D eigenvalue weighted by Crippen LogP contribution is 2.34. The zero-order valence-corrected chi connectivity index (χ0v) is 11.1. The first-order valence-corrected chi connectivity index (χ1v) is 7.95. The molecule has 0 aromatic heterocycles. The molecule has 0 bridgehead atoms.